The molecule has 1 amide bonds. The lowest BCUT2D eigenvalue weighted by Crippen LogP contribution is -2.20. The van der Waals surface area contributed by atoms with Crippen molar-refractivity contribution in [3.05, 3.63) is 88.0 Å². The van der Waals surface area contributed by atoms with Gasteiger partial charge in [-0.15, -0.1) is 0 Å². The van der Waals surface area contributed by atoms with Gasteiger partial charge in [-0.05, 0) is 71.8 Å². The number of amides is 1. The molecule has 3 nitrogen and oxygen atoms in total. The van der Waals surface area contributed by atoms with Crippen molar-refractivity contribution >= 4 is 11.6 Å². The summed E-state index contributed by atoms with van der Waals surface area (Å²) in [7, 11) is 0. The Balaban J connectivity index is 1.56. The Kier molecular flexibility index (Phi) is 3.95. The van der Waals surface area contributed by atoms with Gasteiger partial charge in [0.25, 0.3) is 0 Å². The van der Waals surface area contributed by atoms with E-state index in [1.807, 2.05) is 18.2 Å². The Labute approximate surface area is 167 Å². The lowest BCUT2D eigenvalue weighted by Gasteiger charge is -2.29. The number of carbonyl (C=O) groups excluding carboxylic acids is 1. The second-order valence-corrected chi connectivity index (χ2v) is 7.90. The van der Waals surface area contributed by atoms with Crippen molar-refractivity contribution < 1.29 is 13.6 Å². The molecule has 0 spiro atoms. The second-order valence-electron chi connectivity index (χ2n) is 7.90. The number of benzene rings is 3. The molecular weight excluding hydrogens is 370 g/mol. The number of carbonyl (C=O) groups is 1. The highest BCUT2D eigenvalue weighted by Crippen LogP contribution is 2.52. The van der Waals surface area contributed by atoms with Gasteiger partial charge in [0.05, 0.1) is 11.7 Å². The molecule has 2 aliphatic rings. The maximum Gasteiger partial charge on any atom is 0.248 e. The van der Waals surface area contributed by atoms with Gasteiger partial charge in [0.15, 0.2) is 5.82 Å². The number of rotatable bonds is 2. The van der Waals surface area contributed by atoms with Crippen molar-refractivity contribution in [3.8, 4) is 11.1 Å². The Hall–Kier alpha value is -3.21. The number of primary amides is 1. The molecule has 5 rings (SSSR count). The fourth-order valence-corrected chi connectivity index (χ4v) is 4.72. The number of fused-ring (bicyclic) bond motifs is 5. The molecule has 2 atom stereocenters. The van der Waals surface area contributed by atoms with Crippen LogP contribution in [0.1, 0.15) is 51.0 Å². The Morgan fingerprint density at radius 3 is 2.62 bits per heavy atom. The molecule has 0 radical (unpaired) electrons. The van der Waals surface area contributed by atoms with E-state index in [1.54, 1.807) is 31.2 Å². The monoisotopic (exact) mass is 390 g/mol. The Morgan fingerprint density at radius 1 is 1.07 bits per heavy atom. The van der Waals surface area contributed by atoms with Gasteiger partial charge in [-0.25, -0.2) is 8.78 Å². The fraction of sp³-hybridized carbons (Fsp3) is 0.208. The molecule has 1 heterocycles. The zero-order valence-corrected chi connectivity index (χ0v) is 15.9. The first kappa shape index (κ1) is 17.9. The largest absolute Gasteiger partial charge is 0.375 e. The van der Waals surface area contributed by atoms with Crippen LogP contribution in [-0.4, -0.2) is 5.91 Å². The third-order valence-corrected chi connectivity index (χ3v) is 6.23. The molecule has 0 aromatic heterocycles. The zero-order valence-electron chi connectivity index (χ0n) is 15.9. The van der Waals surface area contributed by atoms with Crippen LogP contribution in [0.15, 0.2) is 48.5 Å². The average molecular weight is 390 g/mol. The van der Waals surface area contributed by atoms with E-state index in [2.05, 4.69) is 5.32 Å². The molecule has 1 aliphatic heterocycles. The lowest BCUT2D eigenvalue weighted by molar-refractivity contribution is 0.1000. The van der Waals surface area contributed by atoms with Gasteiger partial charge < -0.3 is 11.1 Å². The van der Waals surface area contributed by atoms with E-state index in [-0.39, 0.29) is 23.6 Å². The molecule has 5 heteroatoms. The summed E-state index contributed by atoms with van der Waals surface area (Å²) < 4.78 is 29.1. The molecule has 0 saturated carbocycles. The third-order valence-electron chi connectivity index (χ3n) is 6.23. The van der Waals surface area contributed by atoms with Crippen LogP contribution in [0.5, 0.6) is 0 Å². The van der Waals surface area contributed by atoms with Crippen molar-refractivity contribution in [1.29, 1.82) is 0 Å². The van der Waals surface area contributed by atoms with Gasteiger partial charge in [-0.3, -0.25) is 4.79 Å². The predicted molar refractivity (Wildman–Crippen MR) is 109 cm³/mol. The molecule has 3 N–H and O–H groups in total. The highest BCUT2D eigenvalue weighted by Gasteiger charge is 2.39. The quantitative estimate of drug-likeness (QED) is 0.629. The maximum absolute atomic E-state index is 15.5. The number of nitrogens with two attached hydrogens (primary N) is 1. The molecule has 3 aromatic carbocycles. The first-order valence-corrected chi connectivity index (χ1v) is 9.72. The summed E-state index contributed by atoms with van der Waals surface area (Å²) in [4.78, 5) is 11.5. The van der Waals surface area contributed by atoms with Gasteiger partial charge in [0, 0.05) is 17.0 Å². The molecular formula is C24H20F2N2O. The summed E-state index contributed by atoms with van der Waals surface area (Å²) in [6.07, 6.45) is 1.69. The lowest BCUT2D eigenvalue weighted by atomic mass is 9.78. The zero-order chi connectivity index (χ0) is 20.3. The minimum Gasteiger partial charge on any atom is -0.375 e. The fourth-order valence-electron chi connectivity index (χ4n) is 4.72. The molecule has 0 saturated heterocycles. The highest BCUT2D eigenvalue weighted by atomic mass is 19.1. The first-order chi connectivity index (χ1) is 13.9. The number of aryl methyl sites for hydroxylation is 2. The summed E-state index contributed by atoms with van der Waals surface area (Å²) in [5.74, 6) is -0.872. The maximum atomic E-state index is 15.5. The van der Waals surface area contributed by atoms with Crippen molar-refractivity contribution in [2.24, 2.45) is 5.73 Å². The number of anilines is 1. The standard InChI is InChI=1S/C24H20F2N2O/c1-12-10-13(4-9-20(12)25)16-7-8-19-18-6-2-14-11-15(24(27)29)3-5-17(14)22(18)28-23(19)21(16)26/h3-5,7-11,18,22,28H,2,6H2,1H3,(H2,27,29). The summed E-state index contributed by atoms with van der Waals surface area (Å²) in [6, 6.07) is 13.9. The predicted octanol–water partition coefficient (Wildman–Crippen LogP) is 5.24. The second kappa shape index (κ2) is 6.41. The van der Waals surface area contributed by atoms with Crippen LogP contribution in [-0.2, 0) is 6.42 Å². The summed E-state index contributed by atoms with van der Waals surface area (Å²) in [6.45, 7) is 1.67. The number of halogens is 2. The van der Waals surface area contributed by atoms with Crippen molar-refractivity contribution in [1.82, 2.24) is 0 Å². The number of nitrogens with one attached hydrogen (secondary N) is 1. The third kappa shape index (κ3) is 2.72. The number of hydrogen-bond acceptors (Lipinski definition) is 2. The molecule has 3 aromatic rings. The van der Waals surface area contributed by atoms with Crippen LogP contribution < -0.4 is 11.1 Å². The highest BCUT2D eigenvalue weighted by molar-refractivity contribution is 5.93. The van der Waals surface area contributed by atoms with Gasteiger partial charge in [-0.1, -0.05) is 24.3 Å². The van der Waals surface area contributed by atoms with Gasteiger partial charge in [0.1, 0.15) is 5.82 Å². The molecule has 0 fully saturated rings. The first-order valence-electron chi connectivity index (χ1n) is 9.72. The van der Waals surface area contributed by atoms with E-state index >= 15 is 4.39 Å². The smallest absolute Gasteiger partial charge is 0.248 e. The van der Waals surface area contributed by atoms with Crippen molar-refractivity contribution in [3.63, 3.8) is 0 Å². The minimum absolute atomic E-state index is 0.0321. The Morgan fingerprint density at radius 2 is 1.86 bits per heavy atom. The molecule has 146 valence electrons. The van der Waals surface area contributed by atoms with Crippen molar-refractivity contribution in [2.45, 2.75) is 31.7 Å². The SMILES string of the molecule is Cc1cc(-c2ccc3c(c2F)NC2c4ccc(C(N)=O)cc4CCC32)ccc1F. The van der Waals surface area contributed by atoms with Gasteiger partial charge >= 0.3 is 0 Å². The summed E-state index contributed by atoms with van der Waals surface area (Å²) in [5.41, 5.74) is 11.2. The average Bonchev–Trinajstić information content (AvgIpc) is 3.10. The topological polar surface area (TPSA) is 55.1 Å². The van der Waals surface area contributed by atoms with E-state index < -0.39 is 5.91 Å². The van der Waals surface area contributed by atoms with Gasteiger partial charge in [-0.2, -0.15) is 0 Å². The molecule has 1 aliphatic carbocycles. The normalized spacial score (nSPS) is 19.1. The van der Waals surface area contributed by atoms with Crippen LogP contribution in [0.4, 0.5) is 14.5 Å². The van der Waals surface area contributed by atoms with Crippen LogP contribution >= 0.6 is 0 Å². The molecule has 0 bridgehead atoms. The molecule has 29 heavy (non-hydrogen) atoms. The van der Waals surface area contributed by atoms with E-state index in [0.717, 1.165) is 29.5 Å². The van der Waals surface area contributed by atoms with Crippen LogP contribution in [0.3, 0.4) is 0 Å². The minimum atomic E-state index is -0.442. The van der Waals surface area contributed by atoms with Crippen LogP contribution in [0.2, 0.25) is 0 Å². The van der Waals surface area contributed by atoms with E-state index in [0.29, 0.717) is 27.9 Å². The van der Waals surface area contributed by atoms with Crippen LogP contribution in [0, 0.1) is 18.6 Å². The van der Waals surface area contributed by atoms with E-state index in [9.17, 15) is 9.18 Å². The van der Waals surface area contributed by atoms with Crippen LogP contribution in [0.25, 0.3) is 11.1 Å². The molecule has 2 unspecified atom stereocenters. The van der Waals surface area contributed by atoms with Gasteiger partial charge in [0.2, 0.25) is 5.91 Å². The summed E-state index contributed by atoms with van der Waals surface area (Å²) >= 11 is 0. The van der Waals surface area contributed by atoms with E-state index in [4.69, 9.17) is 5.73 Å². The van der Waals surface area contributed by atoms with Crippen molar-refractivity contribution in [2.75, 3.05) is 5.32 Å². The summed E-state index contributed by atoms with van der Waals surface area (Å²) in [5, 5.41) is 3.38. The van der Waals surface area contributed by atoms with E-state index in [1.165, 1.54) is 6.07 Å². The Bertz CT molecular complexity index is 1170. The number of hydrogen-bond donors (Lipinski definition) is 2.